The minimum atomic E-state index is 0.191. The van der Waals surface area contributed by atoms with Gasteiger partial charge in [0.15, 0.2) is 5.78 Å². The molecule has 0 unspecified atom stereocenters. The number of carbonyl (C=O) groups is 1. The molecule has 0 aromatic carbocycles. The van der Waals surface area contributed by atoms with Crippen molar-refractivity contribution in [3.05, 3.63) is 24.0 Å². The largest absolute Gasteiger partial charge is 0.494 e. The van der Waals surface area contributed by atoms with Crippen LogP contribution in [0.4, 0.5) is 0 Å². The van der Waals surface area contributed by atoms with E-state index in [1.807, 2.05) is 0 Å². The van der Waals surface area contributed by atoms with Crippen LogP contribution in [0.25, 0.3) is 0 Å². The summed E-state index contributed by atoms with van der Waals surface area (Å²) in [6.07, 6.45) is 10.2. The molecule has 0 bridgehead atoms. The van der Waals surface area contributed by atoms with Gasteiger partial charge in [0, 0.05) is 12.6 Å². The zero-order valence-corrected chi connectivity index (χ0v) is 10.3. The van der Waals surface area contributed by atoms with Crippen molar-refractivity contribution in [3.8, 4) is 5.75 Å². The van der Waals surface area contributed by atoms with Crippen molar-refractivity contribution in [2.45, 2.75) is 38.5 Å². The first kappa shape index (κ1) is 12.1. The lowest BCUT2D eigenvalue weighted by atomic mass is 9.85. The lowest BCUT2D eigenvalue weighted by Crippen LogP contribution is -2.13. The van der Waals surface area contributed by atoms with Crippen LogP contribution in [0.15, 0.2) is 18.5 Å². The van der Waals surface area contributed by atoms with Gasteiger partial charge in [-0.2, -0.15) is 0 Å². The Bertz CT molecular complexity index is 384. The minimum absolute atomic E-state index is 0.191. The Balaban J connectivity index is 2.03. The molecular formula is C14H19NO2. The van der Waals surface area contributed by atoms with Crippen molar-refractivity contribution in [2.24, 2.45) is 5.92 Å². The van der Waals surface area contributed by atoms with Crippen molar-refractivity contribution in [3.63, 3.8) is 0 Å². The fraction of sp³-hybridized carbons (Fsp3) is 0.571. The highest BCUT2D eigenvalue weighted by Crippen LogP contribution is 2.28. The van der Waals surface area contributed by atoms with E-state index in [0.717, 1.165) is 0 Å². The molecule has 1 fully saturated rings. The van der Waals surface area contributed by atoms with E-state index >= 15 is 0 Å². The van der Waals surface area contributed by atoms with Gasteiger partial charge in [-0.15, -0.1) is 0 Å². The van der Waals surface area contributed by atoms with Crippen molar-refractivity contribution in [1.82, 2.24) is 4.98 Å². The van der Waals surface area contributed by atoms with Crippen LogP contribution in [-0.4, -0.2) is 17.9 Å². The van der Waals surface area contributed by atoms with Crippen LogP contribution in [0.2, 0.25) is 0 Å². The van der Waals surface area contributed by atoms with Crippen LogP contribution in [0.3, 0.4) is 0 Å². The number of pyridine rings is 1. The maximum absolute atomic E-state index is 12.2. The van der Waals surface area contributed by atoms with E-state index in [2.05, 4.69) is 4.98 Å². The first-order valence-electron chi connectivity index (χ1n) is 6.32. The second-order valence-electron chi connectivity index (χ2n) is 4.71. The third-order valence-electron chi connectivity index (χ3n) is 3.50. The van der Waals surface area contributed by atoms with Gasteiger partial charge in [-0.3, -0.25) is 9.78 Å². The first-order chi connectivity index (χ1) is 8.31. The number of carbonyl (C=O) groups excluding carboxylic acids is 1. The third kappa shape index (κ3) is 3.05. The Hall–Kier alpha value is -1.38. The van der Waals surface area contributed by atoms with E-state index < -0.39 is 0 Å². The molecule has 0 saturated heterocycles. The average molecular weight is 233 g/mol. The van der Waals surface area contributed by atoms with Crippen molar-refractivity contribution in [2.75, 3.05) is 7.11 Å². The molecule has 92 valence electrons. The standard InChI is InChI=1S/C14H19NO2/c1-17-14-10-15-8-7-12(14)13(16)9-11-5-3-2-4-6-11/h7-8,10-11H,2-6,9H2,1H3. The molecule has 1 aromatic heterocycles. The molecule has 0 aliphatic heterocycles. The zero-order chi connectivity index (χ0) is 12.1. The lowest BCUT2D eigenvalue weighted by Gasteiger charge is -2.20. The summed E-state index contributed by atoms with van der Waals surface area (Å²) in [6, 6.07) is 1.75. The molecule has 0 radical (unpaired) electrons. The molecule has 0 amide bonds. The monoisotopic (exact) mass is 233 g/mol. The van der Waals surface area contributed by atoms with E-state index in [9.17, 15) is 4.79 Å². The van der Waals surface area contributed by atoms with E-state index in [1.54, 1.807) is 25.6 Å². The van der Waals surface area contributed by atoms with Gasteiger partial charge >= 0.3 is 0 Å². The highest BCUT2D eigenvalue weighted by atomic mass is 16.5. The fourth-order valence-electron chi connectivity index (χ4n) is 2.54. The van der Waals surface area contributed by atoms with Crippen molar-refractivity contribution >= 4 is 5.78 Å². The number of rotatable bonds is 4. The predicted octanol–water partition coefficient (Wildman–Crippen LogP) is 3.24. The topological polar surface area (TPSA) is 39.2 Å². The molecule has 1 aromatic rings. The van der Waals surface area contributed by atoms with Crippen molar-refractivity contribution in [1.29, 1.82) is 0 Å². The number of aromatic nitrogens is 1. The molecule has 1 aliphatic rings. The summed E-state index contributed by atoms with van der Waals surface area (Å²) in [5, 5.41) is 0. The molecule has 1 aliphatic carbocycles. The number of hydrogen-bond donors (Lipinski definition) is 0. The number of ketones is 1. The van der Waals surface area contributed by atoms with E-state index in [4.69, 9.17) is 4.74 Å². The van der Waals surface area contributed by atoms with Crippen LogP contribution in [-0.2, 0) is 0 Å². The fourth-order valence-corrected chi connectivity index (χ4v) is 2.54. The number of nitrogens with zero attached hydrogens (tertiary/aromatic N) is 1. The molecule has 0 spiro atoms. The number of hydrogen-bond acceptors (Lipinski definition) is 3. The van der Waals surface area contributed by atoms with Crippen LogP contribution in [0.1, 0.15) is 48.9 Å². The van der Waals surface area contributed by atoms with Gasteiger partial charge in [-0.1, -0.05) is 32.1 Å². The molecule has 0 N–H and O–H groups in total. The maximum atomic E-state index is 12.2. The quantitative estimate of drug-likeness (QED) is 0.749. The average Bonchev–Trinajstić information content (AvgIpc) is 2.40. The summed E-state index contributed by atoms with van der Waals surface area (Å²) >= 11 is 0. The molecule has 1 saturated carbocycles. The number of Topliss-reactive ketones (excluding diaryl/α,β-unsaturated/α-hetero) is 1. The summed E-state index contributed by atoms with van der Waals surface area (Å²) in [5.41, 5.74) is 0.674. The molecule has 1 heterocycles. The minimum Gasteiger partial charge on any atom is -0.494 e. The second kappa shape index (κ2) is 5.80. The summed E-state index contributed by atoms with van der Waals surface area (Å²) in [4.78, 5) is 16.2. The Morgan fingerprint density at radius 1 is 1.41 bits per heavy atom. The number of ether oxygens (including phenoxy) is 1. The number of methoxy groups -OCH3 is 1. The Morgan fingerprint density at radius 3 is 2.88 bits per heavy atom. The van der Waals surface area contributed by atoms with Crippen LogP contribution in [0, 0.1) is 5.92 Å². The molecule has 2 rings (SSSR count). The Kier molecular flexibility index (Phi) is 4.13. The van der Waals surface area contributed by atoms with Gasteiger partial charge in [-0.25, -0.2) is 0 Å². The summed E-state index contributed by atoms with van der Waals surface area (Å²) in [6.45, 7) is 0. The van der Waals surface area contributed by atoms with E-state index in [-0.39, 0.29) is 5.78 Å². The van der Waals surface area contributed by atoms with Crippen molar-refractivity contribution < 1.29 is 9.53 Å². The van der Waals surface area contributed by atoms with Crippen LogP contribution in [0.5, 0.6) is 5.75 Å². The molecule has 17 heavy (non-hydrogen) atoms. The lowest BCUT2D eigenvalue weighted by molar-refractivity contribution is 0.0947. The molecule has 3 nitrogen and oxygen atoms in total. The van der Waals surface area contributed by atoms with Gasteiger partial charge < -0.3 is 4.74 Å². The van der Waals surface area contributed by atoms with E-state index in [1.165, 1.54) is 32.1 Å². The summed E-state index contributed by atoms with van der Waals surface area (Å²) < 4.78 is 5.17. The van der Waals surface area contributed by atoms with Gasteiger partial charge in [0.05, 0.1) is 18.9 Å². The SMILES string of the molecule is COc1cnccc1C(=O)CC1CCCCC1. The normalized spacial score (nSPS) is 16.8. The van der Waals surface area contributed by atoms with Gasteiger partial charge in [-0.05, 0) is 12.0 Å². The zero-order valence-electron chi connectivity index (χ0n) is 10.3. The van der Waals surface area contributed by atoms with Gasteiger partial charge in [0.25, 0.3) is 0 Å². The Morgan fingerprint density at radius 2 is 2.18 bits per heavy atom. The highest BCUT2D eigenvalue weighted by Gasteiger charge is 2.19. The molecule has 0 atom stereocenters. The second-order valence-corrected chi connectivity index (χ2v) is 4.71. The van der Waals surface area contributed by atoms with Gasteiger partial charge in [0.1, 0.15) is 5.75 Å². The third-order valence-corrected chi connectivity index (χ3v) is 3.50. The van der Waals surface area contributed by atoms with E-state index in [0.29, 0.717) is 23.7 Å². The predicted molar refractivity (Wildman–Crippen MR) is 66.3 cm³/mol. The van der Waals surface area contributed by atoms with Crippen LogP contribution < -0.4 is 4.74 Å². The first-order valence-corrected chi connectivity index (χ1v) is 6.32. The molecular weight excluding hydrogens is 214 g/mol. The van der Waals surface area contributed by atoms with Crippen LogP contribution >= 0.6 is 0 Å². The Labute approximate surface area is 102 Å². The van der Waals surface area contributed by atoms with Gasteiger partial charge in [0.2, 0.25) is 0 Å². The highest BCUT2D eigenvalue weighted by molar-refractivity contribution is 5.98. The maximum Gasteiger partial charge on any atom is 0.166 e. The summed E-state index contributed by atoms with van der Waals surface area (Å²) in [5.74, 6) is 1.35. The summed E-state index contributed by atoms with van der Waals surface area (Å²) in [7, 11) is 1.58. The smallest absolute Gasteiger partial charge is 0.166 e. The molecule has 3 heteroatoms.